The first-order valence-electron chi connectivity index (χ1n) is 8.81. The monoisotopic (exact) mass is 388 g/mol. The van der Waals surface area contributed by atoms with Crippen molar-refractivity contribution in [2.45, 2.75) is 42.6 Å². The predicted octanol–water partition coefficient (Wildman–Crippen LogP) is 3.48. The number of aromatic nitrogens is 3. The summed E-state index contributed by atoms with van der Waals surface area (Å²) in [6.45, 7) is 6.31. The van der Waals surface area contributed by atoms with E-state index in [1.807, 2.05) is 13.0 Å². The number of hydrogen-bond donors (Lipinski definition) is 1. The number of anilines is 1. The highest BCUT2D eigenvalue weighted by atomic mass is 32.2. The molecule has 0 bridgehead atoms. The number of nitrogens with zero attached hydrogens (tertiary/aromatic N) is 3. The second-order valence-corrected chi connectivity index (χ2v) is 7.64. The fraction of sp³-hybridized carbons (Fsp3) is 0.421. The number of ether oxygens (including phenoxy) is 2. The summed E-state index contributed by atoms with van der Waals surface area (Å²) in [4.78, 5) is 12.6. The second-order valence-electron chi connectivity index (χ2n) is 6.33. The van der Waals surface area contributed by atoms with E-state index >= 15 is 0 Å². The summed E-state index contributed by atoms with van der Waals surface area (Å²) in [6.07, 6.45) is 4.12. The maximum atomic E-state index is 12.6. The van der Waals surface area contributed by atoms with E-state index in [4.69, 9.17) is 9.47 Å². The third-order valence-corrected chi connectivity index (χ3v) is 5.38. The summed E-state index contributed by atoms with van der Waals surface area (Å²) in [7, 11) is 3.13. The van der Waals surface area contributed by atoms with Crippen LogP contribution >= 0.6 is 11.8 Å². The standard InChI is InChI=1S/C19H24N4O3S/c1-5-10-23-17(13-6-7-13)21-22-19(23)27-12(2)18(24)20-14-8-9-15(25-3)16(11-14)26-4/h5,8-9,11-13H,1,6-7,10H2,2-4H3,(H,20,24). The number of carbonyl (C=O) groups excluding carboxylic acids is 1. The van der Waals surface area contributed by atoms with Gasteiger partial charge in [-0.1, -0.05) is 17.8 Å². The molecular weight excluding hydrogens is 364 g/mol. The van der Waals surface area contributed by atoms with Crippen molar-refractivity contribution < 1.29 is 14.3 Å². The van der Waals surface area contributed by atoms with E-state index in [-0.39, 0.29) is 11.2 Å². The van der Waals surface area contributed by atoms with Gasteiger partial charge in [-0.05, 0) is 31.9 Å². The van der Waals surface area contributed by atoms with Crippen LogP contribution in [-0.4, -0.2) is 40.1 Å². The smallest absolute Gasteiger partial charge is 0.237 e. The topological polar surface area (TPSA) is 78.3 Å². The molecule has 1 saturated carbocycles. The van der Waals surface area contributed by atoms with E-state index in [0.717, 1.165) is 23.8 Å². The molecule has 1 N–H and O–H groups in total. The molecule has 1 aliphatic rings. The Morgan fingerprint density at radius 2 is 2.11 bits per heavy atom. The lowest BCUT2D eigenvalue weighted by Crippen LogP contribution is -2.23. The Morgan fingerprint density at radius 3 is 2.74 bits per heavy atom. The van der Waals surface area contributed by atoms with Gasteiger partial charge in [-0.25, -0.2) is 0 Å². The molecule has 3 rings (SSSR count). The second kappa shape index (κ2) is 8.47. The van der Waals surface area contributed by atoms with Crippen LogP contribution in [0.25, 0.3) is 0 Å². The Hall–Kier alpha value is -2.48. The quantitative estimate of drug-likeness (QED) is 0.523. The third-order valence-electron chi connectivity index (χ3n) is 4.30. The van der Waals surface area contributed by atoms with Crippen LogP contribution in [-0.2, 0) is 11.3 Å². The van der Waals surface area contributed by atoms with Crippen LogP contribution in [0.15, 0.2) is 36.0 Å². The minimum absolute atomic E-state index is 0.117. The molecule has 1 fully saturated rings. The van der Waals surface area contributed by atoms with Gasteiger partial charge in [0.2, 0.25) is 5.91 Å². The maximum absolute atomic E-state index is 12.6. The first-order chi connectivity index (χ1) is 13.1. The number of nitrogens with one attached hydrogen (secondary N) is 1. The van der Waals surface area contributed by atoms with Crippen molar-refractivity contribution in [1.29, 1.82) is 0 Å². The van der Waals surface area contributed by atoms with E-state index in [1.54, 1.807) is 32.4 Å². The van der Waals surface area contributed by atoms with Gasteiger partial charge in [0.25, 0.3) is 0 Å². The number of benzene rings is 1. The molecule has 8 heteroatoms. The highest BCUT2D eigenvalue weighted by Gasteiger charge is 2.31. The van der Waals surface area contributed by atoms with Crippen LogP contribution < -0.4 is 14.8 Å². The van der Waals surface area contributed by atoms with Gasteiger partial charge >= 0.3 is 0 Å². The van der Waals surface area contributed by atoms with Gasteiger partial charge in [0.15, 0.2) is 16.7 Å². The summed E-state index contributed by atoms with van der Waals surface area (Å²) < 4.78 is 12.5. The molecule has 0 radical (unpaired) electrons. The SMILES string of the molecule is C=CCn1c(SC(C)C(=O)Nc2ccc(OC)c(OC)c2)nnc1C1CC1. The first kappa shape index (κ1) is 19.3. The minimum atomic E-state index is -0.335. The van der Waals surface area contributed by atoms with Gasteiger partial charge in [-0.3, -0.25) is 4.79 Å². The average molecular weight is 388 g/mol. The van der Waals surface area contributed by atoms with Crippen molar-refractivity contribution in [1.82, 2.24) is 14.8 Å². The Bertz CT molecular complexity index is 832. The Kier molecular flexibility index (Phi) is 6.05. The zero-order valence-electron chi connectivity index (χ0n) is 15.8. The highest BCUT2D eigenvalue weighted by molar-refractivity contribution is 8.00. The zero-order valence-corrected chi connectivity index (χ0v) is 16.6. The van der Waals surface area contributed by atoms with Crippen molar-refractivity contribution >= 4 is 23.4 Å². The molecule has 2 aromatic rings. The molecule has 1 unspecified atom stereocenters. The molecule has 7 nitrogen and oxygen atoms in total. The average Bonchev–Trinajstić information content (AvgIpc) is 3.45. The lowest BCUT2D eigenvalue weighted by atomic mass is 10.2. The molecule has 1 aromatic heterocycles. The molecule has 1 aliphatic carbocycles. The predicted molar refractivity (Wildman–Crippen MR) is 106 cm³/mol. The molecule has 1 aromatic carbocycles. The molecule has 1 amide bonds. The Labute approximate surface area is 163 Å². The summed E-state index contributed by atoms with van der Waals surface area (Å²) in [5, 5.41) is 11.9. The van der Waals surface area contributed by atoms with Crippen LogP contribution in [0.2, 0.25) is 0 Å². The number of hydrogen-bond acceptors (Lipinski definition) is 6. The van der Waals surface area contributed by atoms with Crippen molar-refractivity contribution in [3.05, 3.63) is 36.7 Å². The molecule has 0 aliphatic heterocycles. The van der Waals surface area contributed by atoms with E-state index in [0.29, 0.717) is 29.6 Å². The third kappa shape index (κ3) is 4.44. The van der Waals surface area contributed by atoms with Crippen LogP contribution in [0.5, 0.6) is 11.5 Å². The highest BCUT2D eigenvalue weighted by Crippen LogP contribution is 2.40. The Balaban J connectivity index is 1.68. The normalized spacial score (nSPS) is 14.5. The first-order valence-corrected chi connectivity index (χ1v) is 9.68. The number of methoxy groups -OCH3 is 2. The lowest BCUT2D eigenvalue weighted by molar-refractivity contribution is -0.115. The van der Waals surface area contributed by atoms with E-state index in [9.17, 15) is 4.79 Å². The summed E-state index contributed by atoms with van der Waals surface area (Å²) in [5.41, 5.74) is 0.649. The summed E-state index contributed by atoms with van der Waals surface area (Å²) in [5.74, 6) is 2.54. The number of allylic oxidation sites excluding steroid dienone is 1. The number of thioether (sulfide) groups is 1. The zero-order chi connectivity index (χ0) is 19.4. The number of rotatable bonds is 9. The molecule has 0 spiro atoms. The molecule has 144 valence electrons. The maximum Gasteiger partial charge on any atom is 0.237 e. The van der Waals surface area contributed by atoms with Crippen LogP contribution in [0.1, 0.15) is 31.5 Å². The fourth-order valence-corrected chi connectivity index (χ4v) is 3.57. The van der Waals surface area contributed by atoms with Crippen molar-refractivity contribution in [3.63, 3.8) is 0 Å². The van der Waals surface area contributed by atoms with Crippen LogP contribution in [0.4, 0.5) is 5.69 Å². The van der Waals surface area contributed by atoms with E-state index in [1.165, 1.54) is 11.8 Å². The lowest BCUT2D eigenvalue weighted by Gasteiger charge is -2.14. The van der Waals surface area contributed by atoms with Crippen molar-refractivity contribution in [3.8, 4) is 11.5 Å². The van der Waals surface area contributed by atoms with E-state index < -0.39 is 0 Å². The molecule has 27 heavy (non-hydrogen) atoms. The van der Waals surface area contributed by atoms with Gasteiger partial charge in [-0.15, -0.1) is 16.8 Å². The Morgan fingerprint density at radius 1 is 1.37 bits per heavy atom. The van der Waals surface area contributed by atoms with Crippen molar-refractivity contribution in [2.24, 2.45) is 0 Å². The molecule has 1 heterocycles. The minimum Gasteiger partial charge on any atom is -0.493 e. The largest absolute Gasteiger partial charge is 0.493 e. The summed E-state index contributed by atoms with van der Waals surface area (Å²) in [6, 6.07) is 5.27. The molecular formula is C19H24N4O3S. The molecule has 0 saturated heterocycles. The number of amides is 1. The number of carbonyl (C=O) groups is 1. The van der Waals surface area contributed by atoms with Gasteiger partial charge < -0.3 is 19.4 Å². The van der Waals surface area contributed by atoms with Gasteiger partial charge in [0.1, 0.15) is 5.82 Å². The van der Waals surface area contributed by atoms with Crippen LogP contribution in [0.3, 0.4) is 0 Å². The van der Waals surface area contributed by atoms with Crippen molar-refractivity contribution in [2.75, 3.05) is 19.5 Å². The van der Waals surface area contributed by atoms with Gasteiger partial charge in [0.05, 0.1) is 19.5 Å². The van der Waals surface area contributed by atoms with Crippen LogP contribution in [0, 0.1) is 0 Å². The molecule has 1 atom stereocenters. The van der Waals surface area contributed by atoms with Gasteiger partial charge in [-0.2, -0.15) is 0 Å². The van der Waals surface area contributed by atoms with E-state index in [2.05, 4.69) is 26.7 Å². The van der Waals surface area contributed by atoms with Gasteiger partial charge in [0, 0.05) is 24.2 Å². The fourth-order valence-electron chi connectivity index (χ4n) is 2.70. The summed E-state index contributed by atoms with van der Waals surface area (Å²) >= 11 is 1.39.